The minimum atomic E-state index is -0.219. The Morgan fingerprint density at radius 2 is 2.20 bits per heavy atom. The van der Waals surface area contributed by atoms with E-state index in [1.54, 1.807) is 42.1 Å². The third kappa shape index (κ3) is 4.47. The summed E-state index contributed by atoms with van der Waals surface area (Å²) in [5.74, 6) is 0.455. The number of nitrogens with zero attached hydrogens (tertiary/aromatic N) is 3. The van der Waals surface area contributed by atoms with E-state index < -0.39 is 0 Å². The maximum atomic E-state index is 13.1. The number of carbonyl (C=O) groups is 1. The first kappa shape index (κ1) is 20.4. The highest BCUT2D eigenvalue weighted by Crippen LogP contribution is 2.24. The molecule has 8 nitrogen and oxygen atoms in total. The van der Waals surface area contributed by atoms with Crippen molar-refractivity contribution in [2.45, 2.75) is 30.6 Å². The van der Waals surface area contributed by atoms with Crippen molar-refractivity contribution in [3.05, 3.63) is 52.9 Å². The summed E-state index contributed by atoms with van der Waals surface area (Å²) in [5.41, 5.74) is 0.797. The number of amides is 1. The molecule has 1 aromatic carbocycles. The van der Waals surface area contributed by atoms with Gasteiger partial charge in [-0.2, -0.15) is 0 Å². The van der Waals surface area contributed by atoms with Gasteiger partial charge in [-0.15, -0.1) is 0 Å². The van der Waals surface area contributed by atoms with Gasteiger partial charge in [-0.05, 0) is 37.1 Å². The number of benzene rings is 1. The van der Waals surface area contributed by atoms with Gasteiger partial charge in [0.05, 0.1) is 36.6 Å². The number of carbonyl (C=O) groups excluding carboxylic acids is 1. The van der Waals surface area contributed by atoms with Crippen LogP contribution < -0.4 is 15.6 Å². The second kappa shape index (κ2) is 9.27. The van der Waals surface area contributed by atoms with Crippen molar-refractivity contribution in [1.29, 1.82) is 0 Å². The van der Waals surface area contributed by atoms with Gasteiger partial charge in [0, 0.05) is 12.8 Å². The van der Waals surface area contributed by atoms with Crippen LogP contribution in [0.2, 0.25) is 0 Å². The van der Waals surface area contributed by atoms with E-state index in [4.69, 9.17) is 9.47 Å². The van der Waals surface area contributed by atoms with Crippen molar-refractivity contribution < 1.29 is 14.3 Å². The number of aromatic nitrogens is 3. The molecule has 1 amide bonds. The molecule has 0 aliphatic carbocycles. The minimum Gasteiger partial charge on any atom is -0.495 e. The Bertz CT molecular complexity index is 1110. The Labute approximate surface area is 177 Å². The molecule has 3 aromatic rings. The van der Waals surface area contributed by atoms with Crippen molar-refractivity contribution in [3.8, 4) is 5.75 Å². The van der Waals surface area contributed by atoms with E-state index in [1.165, 1.54) is 11.8 Å². The van der Waals surface area contributed by atoms with Gasteiger partial charge in [0.15, 0.2) is 10.8 Å². The topological polar surface area (TPSA) is 95.3 Å². The predicted molar refractivity (Wildman–Crippen MR) is 115 cm³/mol. The van der Waals surface area contributed by atoms with E-state index in [0.29, 0.717) is 40.8 Å². The van der Waals surface area contributed by atoms with Crippen molar-refractivity contribution in [2.24, 2.45) is 0 Å². The highest BCUT2D eigenvalue weighted by molar-refractivity contribution is 7.99. The number of methoxy groups -OCH3 is 1. The third-order valence-electron chi connectivity index (χ3n) is 4.82. The lowest BCUT2D eigenvalue weighted by Crippen LogP contribution is -2.29. The van der Waals surface area contributed by atoms with Crippen LogP contribution in [0.25, 0.3) is 11.0 Å². The molecule has 0 radical (unpaired) electrons. The fourth-order valence-corrected chi connectivity index (χ4v) is 4.16. The number of anilines is 1. The maximum absolute atomic E-state index is 13.1. The lowest BCUT2D eigenvalue weighted by atomic mass is 10.2. The third-order valence-corrected chi connectivity index (χ3v) is 5.79. The SMILES string of the molecule is COc1ccccc1NC(=O)CSc1nc2ncccc2c(=O)n1CC1CCCO1. The van der Waals surface area contributed by atoms with Gasteiger partial charge in [-0.3, -0.25) is 14.2 Å². The summed E-state index contributed by atoms with van der Waals surface area (Å²) in [6, 6.07) is 10.6. The molecule has 4 rings (SSSR count). The Balaban J connectivity index is 1.56. The van der Waals surface area contributed by atoms with Crippen LogP contribution in [-0.2, 0) is 16.1 Å². The van der Waals surface area contributed by atoms with Crippen LogP contribution in [-0.4, -0.2) is 46.0 Å². The first-order chi connectivity index (χ1) is 14.7. The first-order valence-corrected chi connectivity index (χ1v) is 10.7. The summed E-state index contributed by atoms with van der Waals surface area (Å²) in [6.07, 6.45) is 3.45. The first-order valence-electron chi connectivity index (χ1n) is 9.68. The fraction of sp³-hybridized carbons (Fsp3) is 0.333. The molecular weight excluding hydrogens is 404 g/mol. The van der Waals surface area contributed by atoms with Gasteiger partial charge in [0.1, 0.15) is 5.75 Å². The van der Waals surface area contributed by atoms with E-state index >= 15 is 0 Å². The van der Waals surface area contributed by atoms with Gasteiger partial charge in [0.25, 0.3) is 5.56 Å². The molecule has 30 heavy (non-hydrogen) atoms. The molecule has 1 N–H and O–H groups in total. The zero-order valence-electron chi connectivity index (χ0n) is 16.5. The van der Waals surface area contributed by atoms with E-state index in [-0.39, 0.29) is 23.3 Å². The molecule has 3 heterocycles. The van der Waals surface area contributed by atoms with E-state index in [1.807, 2.05) is 12.1 Å². The molecule has 1 aliphatic heterocycles. The largest absolute Gasteiger partial charge is 0.495 e. The quantitative estimate of drug-likeness (QED) is 0.458. The Kier molecular flexibility index (Phi) is 6.29. The number of ether oxygens (including phenoxy) is 2. The average molecular weight is 426 g/mol. The zero-order chi connectivity index (χ0) is 20.9. The van der Waals surface area contributed by atoms with Gasteiger partial charge < -0.3 is 14.8 Å². The normalized spacial score (nSPS) is 16.0. The van der Waals surface area contributed by atoms with Gasteiger partial charge in [0.2, 0.25) is 5.91 Å². The zero-order valence-corrected chi connectivity index (χ0v) is 17.4. The summed E-state index contributed by atoms with van der Waals surface area (Å²) in [6.45, 7) is 1.11. The molecule has 1 unspecified atom stereocenters. The monoisotopic (exact) mass is 426 g/mol. The van der Waals surface area contributed by atoms with Crippen LogP contribution >= 0.6 is 11.8 Å². The lowest BCUT2D eigenvalue weighted by Gasteiger charge is -2.16. The van der Waals surface area contributed by atoms with Crippen molar-refractivity contribution in [3.63, 3.8) is 0 Å². The summed E-state index contributed by atoms with van der Waals surface area (Å²) >= 11 is 1.20. The Morgan fingerprint density at radius 3 is 3.00 bits per heavy atom. The Morgan fingerprint density at radius 1 is 1.33 bits per heavy atom. The number of thioether (sulfide) groups is 1. The summed E-state index contributed by atoms with van der Waals surface area (Å²) in [5, 5.41) is 3.75. The number of fused-ring (bicyclic) bond motifs is 1. The van der Waals surface area contributed by atoms with Gasteiger partial charge in [-0.1, -0.05) is 23.9 Å². The highest BCUT2D eigenvalue weighted by atomic mass is 32.2. The molecule has 1 aliphatic rings. The summed E-state index contributed by atoms with van der Waals surface area (Å²) in [4.78, 5) is 34.3. The maximum Gasteiger partial charge on any atom is 0.263 e. The van der Waals surface area contributed by atoms with Crippen molar-refractivity contribution >= 4 is 34.4 Å². The van der Waals surface area contributed by atoms with Crippen LogP contribution in [0, 0.1) is 0 Å². The Hall–Kier alpha value is -2.91. The number of hydrogen-bond acceptors (Lipinski definition) is 7. The number of rotatable bonds is 7. The number of pyridine rings is 1. The molecule has 1 atom stereocenters. The van der Waals surface area contributed by atoms with Gasteiger partial charge in [-0.25, -0.2) is 9.97 Å². The highest BCUT2D eigenvalue weighted by Gasteiger charge is 2.21. The molecule has 9 heteroatoms. The van der Waals surface area contributed by atoms with Crippen LogP contribution in [0.3, 0.4) is 0 Å². The number of hydrogen-bond donors (Lipinski definition) is 1. The second-order valence-corrected chi connectivity index (χ2v) is 7.80. The second-order valence-electron chi connectivity index (χ2n) is 6.86. The molecule has 0 saturated carbocycles. The standard InChI is InChI=1S/C21H22N4O4S/c1-28-17-9-3-2-8-16(17)23-18(26)13-30-21-24-19-15(7-4-10-22-19)20(27)25(21)12-14-6-5-11-29-14/h2-4,7-10,14H,5-6,11-13H2,1H3,(H,23,26). The fourth-order valence-electron chi connectivity index (χ4n) is 3.36. The molecule has 0 bridgehead atoms. The van der Waals surface area contributed by atoms with Crippen LogP contribution in [0.5, 0.6) is 5.75 Å². The molecule has 1 saturated heterocycles. The average Bonchev–Trinajstić information content (AvgIpc) is 3.28. The number of para-hydroxylation sites is 2. The van der Waals surface area contributed by atoms with E-state index in [2.05, 4.69) is 15.3 Å². The van der Waals surface area contributed by atoms with Crippen LogP contribution in [0.1, 0.15) is 12.8 Å². The number of nitrogens with one attached hydrogen (secondary N) is 1. The summed E-state index contributed by atoms with van der Waals surface area (Å²) < 4.78 is 12.6. The molecule has 0 spiro atoms. The predicted octanol–water partition coefficient (Wildman–Crippen LogP) is 2.71. The molecular formula is C21H22N4O4S. The molecule has 1 fully saturated rings. The minimum absolute atomic E-state index is 0.0274. The van der Waals surface area contributed by atoms with Crippen molar-refractivity contribution in [1.82, 2.24) is 14.5 Å². The van der Waals surface area contributed by atoms with Crippen molar-refractivity contribution in [2.75, 3.05) is 24.8 Å². The smallest absolute Gasteiger partial charge is 0.263 e. The lowest BCUT2D eigenvalue weighted by molar-refractivity contribution is -0.113. The molecule has 2 aromatic heterocycles. The molecule has 156 valence electrons. The van der Waals surface area contributed by atoms with E-state index in [9.17, 15) is 9.59 Å². The van der Waals surface area contributed by atoms with Gasteiger partial charge >= 0.3 is 0 Å². The van der Waals surface area contributed by atoms with Crippen LogP contribution in [0.15, 0.2) is 52.5 Å². The summed E-state index contributed by atoms with van der Waals surface area (Å²) in [7, 11) is 1.55. The van der Waals surface area contributed by atoms with Crippen LogP contribution in [0.4, 0.5) is 5.69 Å². The van der Waals surface area contributed by atoms with E-state index in [0.717, 1.165) is 12.8 Å².